The SMILES string of the molecule is CC(C)CC(C)CN1CCCC(=O)c2ccccc21. The van der Waals surface area contributed by atoms with Gasteiger partial charge < -0.3 is 4.90 Å². The molecular weight excluding hydrogens is 234 g/mol. The summed E-state index contributed by atoms with van der Waals surface area (Å²) < 4.78 is 0. The second-order valence-corrected chi connectivity index (χ2v) is 6.22. The van der Waals surface area contributed by atoms with E-state index in [2.05, 4.69) is 31.7 Å². The number of ketones is 1. The molecular formula is C17H25NO. The second-order valence-electron chi connectivity index (χ2n) is 6.22. The van der Waals surface area contributed by atoms with Crippen molar-refractivity contribution in [1.29, 1.82) is 0 Å². The molecule has 0 radical (unpaired) electrons. The van der Waals surface area contributed by atoms with E-state index in [1.807, 2.05) is 18.2 Å². The van der Waals surface area contributed by atoms with Gasteiger partial charge in [0, 0.05) is 30.8 Å². The van der Waals surface area contributed by atoms with Gasteiger partial charge in [-0.25, -0.2) is 0 Å². The third-order valence-corrected chi connectivity index (χ3v) is 3.78. The molecule has 19 heavy (non-hydrogen) atoms. The van der Waals surface area contributed by atoms with Gasteiger partial charge in [0.15, 0.2) is 5.78 Å². The first-order chi connectivity index (χ1) is 9.08. The van der Waals surface area contributed by atoms with Gasteiger partial charge in [-0.3, -0.25) is 4.79 Å². The van der Waals surface area contributed by atoms with Crippen LogP contribution in [0.3, 0.4) is 0 Å². The summed E-state index contributed by atoms with van der Waals surface area (Å²) in [7, 11) is 0. The van der Waals surface area contributed by atoms with E-state index in [0.29, 0.717) is 18.1 Å². The maximum absolute atomic E-state index is 12.1. The van der Waals surface area contributed by atoms with Crippen LogP contribution in [-0.2, 0) is 0 Å². The van der Waals surface area contributed by atoms with Crippen molar-refractivity contribution in [3.05, 3.63) is 29.8 Å². The van der Waals surface area contributed by atoms with E-state index in [9.17, 15) is 4.79 Å². The number of rotatable bonds is 4. The van der Waals surface area contributed by atoms with Crippen LogP contribution >= 0.6 is 0 Å². The predicted molar refractivity (Wildman–Crippen MR) is 80.8 cm³/mol. The number of anilines is 1. The molecule has 0 bridgehead atoms. The number of Topliss-reactive ketones (excluding diaryl/α,β-unsaturated/α-hetero) is 1. The summed E-state index contributed by atoms with van der Waals surface area (Å²) in [6, 6.07) is 8.08. The predicted octanol–water partition coefficient (Wildman–Crippen LogP) is 4.15. The zero-order valence-electron chi connectivity index (χ0n) is 12.4. The molecule has 0 fully saturated rings. The highest BCUT2D eigenvalue weighted by Crippen LogP contribution is 2.27. The molecule has 0 N–H and O–H groups in total. The Morgan fingerprint density at radius 3 is 2.68 bits per heavy atom. The Morgan fingerprint density at radius 1 is 1.21 bits per heavy atom. The van der Waals surface area contributed by atoms with Crippen LogP contribution in [0.2, 0.25) is 0 Å². The average molecular weight is 259 g/mol. The van der Waals surface area contributed by atoms with Crippen molar-refractivity contribution >= 4 is 11.5 Å². The molecule has 2 nitrogen and oxygen atoms in total. The highest BCUT2D eigenvalue weighted by atomic mass is 16.1. The Labute approximate surface area is 116 Å². The summed E-state index contributed by atoms with van der Waals surface area (Å²) >= 11 is 0. The Bertz CT molecular complexity index is 439. The van der Waals surface area contributed by atoms with Crippen molar-refractivity contribution in [2.45, 2.75) is 40.0 Å². The van der Waals surface area contributed by atoms with Crippen LogP contribution < -0.4 is 4.90 Å². The molecule has 2 heteroatoms. The van der Waals surface area contributed by atoms with Gasteiger partial charge in [0.1, 0.15) is 0 Å². The maximum Gasteiger partial charge on any atom is 0.165 e. The highest BCUT2D eigenvalue weighted by Gasteiger charge is 2.21. The van der Waals surface area contributed by atoms with Gasteiger partial charge in [-0.15, -0.1) is 0 Å². The van der Waals surface area contributed by atoms with Gasteiger partial charge in [-0.1, -0.05) is 32.9 Å². The van der Waals surface area contributed by atoms with Crippen LogP contribution in [-0.4, -0.2) is 18.9 Å². The van der Waals surface area contributed by atoms with Crippen molar-refractivity contribution in [3.63, 3.8) is 0 Å². The standard InChI is InChI=1S/C17H25NO/c1-13(2)11-14(3)12-18-10-6-9-17(19)15-7-4-5-8-16(15)18/h4-5,7-8,13-14H,6,9-12H2,1-3H3. The fraction of sp³-hybridized carbons (Fsp3) is 0.588. The molecule has 1 atom stereocenters. The summed E-state index contributed by atoms with van der Waals surface area (Å²) in [5, 5.41) is 0. The van der Waals surface area contributed by atoms with Gasteiger partial charge in [-0.05, 0) is 36.8 Å². The van der Waals surface area contributed by atoms with E-state index in [1.54, 1.807) is 0 Å². The Morgan fingerprint density at radius 2 is 1.95 bits per heavy atom. The molecule has 1 aromatic rings. The van der Waals surface area contributed by atoms with Crippen LogP contribution in [0.1, 0.15) is 50.4 Å². The first-order valence-electron chi connectivity index (χ1n) is 7.45. The van der Waals surface area contributed by atoms with Gasteiger partial charge in [0.25, 0.3) is 0 Å². The fourth-order valence-electron chi connectivity index (χ4n) is 3.12. The Hall–Kier alpha value is -1.31. The maximum atomic E-state index is 12.1. The number of hydrogen-bond donors (Lipinski definition) is 0. The third kappa shape index (κ3) is 3.59. The number of nitrogens with zero attached hydrogens (tertiary/aromatic N) is 1. The molecule has 0 saturated heterocycles. The van der Waals surface area contributed by atoms with Crippen molar-refractivity contribution in [2.75, 3.05) is 18.0 Å². The summed E-state index contributed by atoms with van der Waals surface area (Å²) in [5.41, 5.74) is 2.05. The molecule has 0 amide bonds. The zero-order chi connectivity index (χ0) is 13.8. The van der Waals surface area contributed by atoms with E-state index in [-0.39, 0.29) is 0 Å². The lowest BCUT2D eigenvalue weighted by atomic mass is 9.98. The number of hydrogen-bond acceptors (Lipinski definition) is 2. The summed E-state index contributed by atoms with van der Waals surface area (Å²) in [5.74, 6) is 1.70. The fourth-order valence-corrected chi connectivity index (χ4v) is 3.12. The minimum absolute atomic E-state index is 0.301. The number of benzene rings is 1. The molecule has 0 aromatic heterocycles. The Kier molecular flexibility index (Phi) is 4.62. The first kappa shape index (κ1) is 14.1. The second kappa shape index (κ2) is 6.23. The molecule has 1 aliphatic heterocycles. The molecule has 104 valence electrons. The molecule has 0 spiro atoms. The van der Waals surface area contributed by atoms with Crippen molar-refractivity contribution in [3.8, 4) is 0 Å². The monoisotopic (exact) mass is 259 g/mol. The lowest BCUT2D eigenvalue weighted by Crippen LogP contribution is -2.29. The van der Waals surface area contributed by atoms with Crippen molar-refractivity contribution in [1.82, 2.24) is 0 Å². The van der Waals surface area contributed by atoms with E-state index in [4.69, 9.17) is 0 Å². The lowest BCUT2D eigenvalue weighted by molar-refractivity contribution is 0.0984. The molecule has 0 saturated carbocycles. The minimum Gasteiger partial charge on any atom is -0.371 e. The quantitative estimate of drug-likeness (QED) is 0.809. The topological polar surface area (TPSA) is 20.3 Å². The molecule has 2 rings (SSSR count). The van der Waals surface area contributed by atoms with Crippen LogP contribution in [0.5, 0.6) is 0 Å². The van der Waals surface area contributed by atoms with Crippen molar-refractivity contribution < 1.29 is 4.79 Å². The van der Waals surface area contributed by atoms with Crippen LogP contribution in [0.4, 0.5) is 5.69 Å². The number of fused-ring (bicyclic) bond motifs is 1. The Balaban J connectivity index is 2.17. The number of carbonyl (C=O) groups excluding carboxylic acids is 1. The van der Waals surface area contributed by atoms with Crippen LogP contribution in [0.25, 0.3) is 0 Å². The summed E-state index contributed by atoms with van der Waals surface area (Å²) in [6.07, 6.45) is 2.90. The first-order valence-corrected chi connectivity index (χ1v) is 7.45. The number of carbonyl (C=O) groups is 1. The van der Waals surface area contributed by atoms with Gasteiger partial charge in [-0.2, -0.15) is 0 Å². The normalized spacial score (nSPS) is 17.3. The molecule has 1 unspecified atom stereocenters. The van der Waals surface area contributed by atoms with E-state index >= 15 is 0 Å². The van der Waals surface area contributed by atoms with E-state index in [0.717, 1.165) is 36.7 Å². The zero-order valence-corrected chi connectivity index (χ0v) is 12.4. The van der Waals surface area contributed by atoms with Crippen LogP contribution in [0, 0.1) is 11.8 Å². The largest absolute Gasteiger partial charge is 0.371 e. The van der Waals surface area contributed by atoms with Gasteiger partial charge in [0.2, 0.25) is 0 Å². The van der Waals surface area contributed by atoms with Crippen LogP contribution in [0.15, 0.2) is 24.3 Å². The minimum atomic E-state index is 0.301. The molecule has 1 aliphatic rings. The lowest BCUT2D eigenvalue weighted by Gasteiger charge is -2.28. The molecule has 0 aliphatic carbocycles. The van der Waals surface area contributed by atoms with Gasteiger partial charge >= 0.3 is 0 Å². The highest BCUT2D eigenvalue weighted by molar-refractivity contribution is 6.01. The van der Waals surface area contributed by atoms with Gasteiger partial charge in [0.05, 0.1) is 0 Å². The van der Waals surface area contributed by atoms with E-state index < -0.39 is 0 Å². The smallest absolute Gasteiger partial charge is 0.165 e. The number of para-hydroxylation sites is 1. The van der Waals surface area contributed by atoms with Crippen molar-refractivity contribution in [2.24, 2.45) is 11.8 Å². The third-order valence-electron chi connectivity index (χ3n) is 3.78. The molecule has 1 heterocycles. The van der Waals surface area contributed by atoms with E-state index in [1.165, 1.54) is 6.42 Å². The summed E-state index contributed by atoms with van der Waals surface area (Å²) in [6.45, 7) is 8.93. The molecule has 1 aromatic carbocycles. The average Bonchev–Trinajstić information content (AvgIpc) is 2.50. The summed E-state index contributed by atoms with van der Waals surface area (Å²) in [4.78, 5) is 14.5.